The minimum atomic E-state index is 0.285. The van der Waals surface area contributed by atoms with Crippen molar-refractivity contribution in [1.29, 1.82) is 0 Å². The Kier molecular flexibility index (Phi) is 3.33. The van der Waals surface area contributed by atoms with Gasteiger partial charge in [-0.15, -0.1) is 0 Å². The molecule has 0 bridgehead atoms. The third-order valence-corrected chi connectivity index (χ3v) is 4.72. The van der Waals surface area contributed by atoms with Crippen LogP contribution in [0.4, 0.5) is 0 Å². The van der Waals surface area contributed by atoms with Gasteiger partial charge in [0.2, 0.25) is 0 Å². The fraction of sp³-hybridized carbons (Fsp3) is 1.00. The van der Waals surface area contributed by atoms with E-state index >= 15 is 0 Å². The molecule has 1 saturated carbocycles. The van der Waals surface area contributed by atoms with Crippen LogP contribution in [0, 0.1) is 11.8 Å². The lowest BCUT2D eigenvalue weighted by Crippen LogP contribution is -2.68. The molecule has 2 rings (SSSR count). The maximum absolute atomic E-state index is 3.85. The zero-order valence-electron chi connectivity index (χ0n) is 12.5. The minimum Gasteiger partial charge on any atom is -0.308 e. The molecule has 0 aromatic carbocycles. The molecule has 0 amide bonds. The van der Waals surface area contributed by atoms with E-state index in [4.69, 9.17) is 0 Å². The van der Waals surface area contributed by atoms with Crippen molar-refractivity contribution >= 4 is 0 Å². The Morgan fingerprint density at radius 3 is 2.24 bits per heavy atom. The Bertz CT molecular complexity index is 275. The van der Waals surface area contributed by atoms with Crippen molar-refractivity contribution < 1.29 is 0 Å². The monoisotopic (exact) mass is 238 g/mol. The first kappa shape index (κ1) is 13.4. The average molecular weight is 238 g/mol. The lowest BCUT2D eigenvalue weighted by Gasteiger charge is -2.53. The fourth-order valence-electron chi connectivity index (χ4n) is 3.30. The van der Waals surface area contributed by atoms with E-state index in [9.17, 15) is 0 Å². The van der Waals surface area contributed by atoms with E-state index in [0.29, 0.717) is 11.6 Å². The highest BCUT2D eigenvalue weighted by Gasteiger charge is 2.48. The zero-order chi connectivity index (χ0) is 12.8. The molecule has 2 unspecified atom stereocenters. The van der Waals surface area contributed by atoms with Crippen LogP contribution in [0.25, 0.3) is 0 Å². The van der Waals surface area contributed by atoms with Crippen LogP contribution in [0.2, 0.25) is 0 Å². The Balaban J connectivity index is 2.15. The van der Waals surface area contributed by atoms with Crippen molar-refractivity contribution in [3.63, 3.8) is 0 Å². The summed E-state index contributed by atoms with van der Waals surface area (Å²) in [6, 6.07) is 0.682. The number of piperazine rings is 1. The van der Waals surface area contributed by atoms with Crippen molar-refractivity contribution in [3.8, 4) is 0 Å². The summed E-state index contributed by atoms with van der Waals surface area (Å²) in [6.45, 7) is 16.6. The van der Waals surface area contributed by atoms with E-state index in [0.717, 1.165) is 18.4 Å². The molecule has 2 heteroatoms. The van der Waals surface area contributed by atoms with Gasteiger partial charge in [-0.1, -0.05) is 13.8 Å². The Morgan fingerprint density at radius 2 is 1.82 bits per heavy atom. The van der Waals surface area contributed by atoms with Crippen molar-refractivity contribution in [1.82, 2.24) is 10.2 Å². The molecule has 2 fully saturated rings. The number of nitrogens with one attached hydrogen (secondary N) is 1. The summed E-state index contributed by atoms with van der Waals surface area (Å²) in [5.41, 5.74) is 0.645. The third kappa shape index (κ3) is 2.68. The molecule has 1 saturated heterocycles. The molecule has 0 radical (unpaired) electrons. The quantitative estimate of drug-likeness (QED) is 0.796. The summed E-state index contributed by atoms with van der Waals surface area (Å²) < 4.78 is 0. The van der Waals surface area contributed by atoms with Crippen LogP contribution in [-0.4, -0.2) is 35.1 Å². The molecular weight excluding hydrogens is 208 g/mol. The second-order valence-electron chi connectivity index (χ2n) is 7.68. The summed E-state index contributed by atoms with van der Waals surface area (Å²) >= 11 is 0. The van der Waals surface area contributed by atoms with Gasteiger partial charge in [0.25, 0.3) is 0 Å². The molecule has 2 aliphatic rings. The van der Waals surface area contributed by atoms with Gasteiger partial charge in [-0.25, -0.2) is 0 Å². The van der Waals surface area contributed by atoms with Gasteiger partial charge in [-0.3, -0.25) is 4.90 Å². The SMILES string of the molecule is CC(C)C1CNC(C)(C2CC2)CN1C(C)(C)C. The highest BCUT2D eigenvalue weighted by Crippen LogP contribution is 2.42. The van der Waals surface area contributed by atoms with E-state index in [-0.39, 0.29) is 5.54 Å². The normalized spacial score (nSPS) is 36.5. The zero-order valence-corrected chi connectivity index (χ0v) is 12.5. The van der Waals surface area contributed by atoms with Crippen LogP contribution in [0.5, 0.6) is 0 Å². The molecule has 17 heavy (non-hydrogen) atoms. The van der Waals surface area contributed by atoms with Crippen LogP contribution in [0.15, 0.2) is 0 Å². The van der Waals surface area contributed by atoms with Crippen LogP contribution in [0.1, 0.15) is 54.4 Å². The second-order valence-corrected chi connectivity index (χ2v) is 7.68. The summed E-state index contributed by atoms with van der Waals surface area (Å²) in [5, 5.41) is 3.85. The molecule has 100 valence electrons. The van der Waals surface area contributed by atoms with Crippen molar-refractivity contribution in [2.75, 3.05) is 13.1 Å². The topological polar surface area (TPSA) is 15.3 Å². The lowest BCUT2D eigenvalue weighted by molar-refractivity contribution is -0.0114. The van der Waals surface area contributed by atoms with Gasteiger partial charge in [0, 0.05) is 30.2 Å². The van der Waals surface area contributed by atoms with Gasteiger partial charge in [-0.05, 0) is 52.4 Å². The van der Waals surface area contributed by atoms with Crippen LogP contribution in [-0.2, 0) is 0 Å². The van der Waals surface area contributed by atoms with Gasteiger partial charge in [0.1, 0.15) is 0 Å². The Labute approximate surface area is 107 Å². The van der Waals surface area contributed by atoms with Crippen molar-refractivity contribution in [2.24, 2.45) is 11.8 Å². The molecule has 1 aliphatic carbocycles. The predicted octanol–water partition coefficient (Wildman–Crippen LogP) is 2.88. The first-order valence-corrected chi connectivity index (χ1v) is 7.26. The van der Waals surface area contributed by atoms with E-state index in [2.05, 4.69) is 51.8 Å². The lowest BCUT2D eigenvalue weighted by atomic mass is 9.85. The van der Waals surface area contributed by atoms with E-state index in [1.165, 1.54) is 19.4 Å². The van der Waals surface area contributed by atoms with Gasteiger partial charge in [0.15, 0.2) is 0 Å². The van der Waals surface area contributed by atoms with Gasteiger partial charge in [-0.2, -0.15) is 0 Å². The molecule has 1 aliphatic heterocycles. The highest BCUT2D eigenvalue weighted by atomic mass is 15.3. The molecule has 0 spiro atoms. The standard InChI is InChI=1S/C15H30N2/c1-11(2)13-9-16-15(6,12-7-8-12)10-17(13)14(3,4)5/h11-13,16H,7-10H2,1-6H3. The maximum Gasteiger partial charge on any atom is 0.0309 e. The van der Waals surface area contributed by atoms with Gasteiger partial charge in [0.05, 0.1) is 0 Å². The number of hydrogen-bond donors (Lipinski definition) is 1. The smallest absolute Gasteiger partial charge is 0.0309 e. The summed E-state index contributed by atoms with van der Waals surface area (Å²) in [4.78, 5) is 2.74. The molecule has 0 aromatic rings. The molecule has 1 N–H and O–H groups in total. The first-order valence-electron chi connectivity index (χ1n) is 7.26. The van der Waals surface area contributed by atoms with Crippen LogP contribution < -0.4 is 5.32 Å². The minimum absolute atomic E-state index is 0.285. The van der Waals surface area contributed by atoms with E-state index in [1.807, 2.05) is 0 Å². The summed E-state index contributed by atoms with van der Waals surface area (Å²) in [6.07, 6.45) is 2.85. The van der Waals surface area contributed by atoms with Crippen LogP contribution >= 0.6 is 0 Å². The number of nitrogens with zero attached hydrogens (tertiary/aromatic N) is 1. The molecule has 1 heterocycles. The average Bonchev–Trinajstić information content (AvgIpc) is 2.98. The second kappa shape index (κ2) is 4.24. The maximum atomic E-state index is 3.85. The summed E-state index contributed by atoms with van der Waals surface area (Å²) in [5.74, 6) is 1.64. The Hall–Kier alpha value is -0.0800. The Morgan fingerprint density at radius 1 is 1.24 bits per heavy atom. The largest absolute Gasteiger partial charge is 0.308 e. The van der Waals surface area contributed by atoms with Crippen molar-refractivity contribution in [2.45, 2.75) is 71.5 Å². The molecule has 0 aromatic heterocycles. The van der Waals surface area contributed by atoms with E-state index < -0.39 is 0 Å². The van der Waals surface area contributed by atoms with Gasteiger partial charge < -0.3 is 5.32 Å². The summed E-state index contributed by atoms with van der Waals surface area (Å²) in [7, 11) is 0. The van der Waals surface area contributed by atoms with Gasteiger partial charge >= 0.3 is 0 Å². The van der Waals surface area contributed by atoms with E-state index in [1.54, 1.807) is 0 Å². The first-order chi connectivity index (χ1) is 7.74. The predicted molar refractivity (Wildman–Crippen MR) is 74.2 cm³/mol. The third-order valence-electron chi connectivity index (χ3n) is 4.72. The molecule has 2 nitrogen and oxygen atoms in total. The molecule has 2 atom stereocenters. The van der Waals surface area contributed by atoms with Crippen molar-refractivity contribution in [3.05, 3.63) is 0 Å². The molecular formula is C15H30N2. The number of rotatable bonds is 2. The fourth-order valence-corrected chi connectivity index (χ4v) is 3.30. The number of hydrogen-bond acceptors (Lipinski definition) is 2. The highest BCUT2D eigenvalue weighted by molar-refractivity contribution is 5.06. The van der Waals surface area contributed by atoms with Crippen LogP contribution in [0.3, 0.4) is 0 Å².